The number of aryl methyl sites for hydroxylation is 2. The van der Waals surface area contributed by atoms with Gasteiger partial charge < -0.3 is 10.3 Å². The highest BCUT2D eigenvalue weighted by Gasteiger charge is 2.35. The number of rotatable bonds is 4. The molecule has 5 heteroatoms. The fourth-order valence-corrected chi connectivity index (χ4v) is 3.71. The molecule has 1 aliphatic rings. The van der Waals surface area contributed by atoms with Gasteiger partial charge in [0.25, 0.3) is 0 Å². The highest BCUT2D eigenvalue weighted by atomic mass is 32.2. The molecule has 0 saturated heterocycles. The Bertz CT molecular complexity index is 632. The predicted molar refractivity (Wildman–Crippen MR) is 84.1 cm³/mol. The van der Waals surface area contributed by atoms with Crippen LogP contribution in [0, 0.1) is 13.8 Å². The van der Waals surface area contributed by atoms with E-state index in [1.807, 2.05) is 0 Å². The number of hydrogen-bond donors (Lipinski definition) is 1. The molecule has 0 bridgehead atoms. The first kappa shape index (κ1) is 14.6. The van der Waals surface area contributed by atoms with Gasteiger partial charge in [0.05, 0.1) is 11.3 Å². The maximum absolute atomic E-state index is 6.35. The molecule has 0 unspecified atom stereocenters. The highest BCUT2D eigenvalue weighted by Crippen LogP contribution is 2.35. The van der Waals surface area contributed by atoms with E-state index in [2.05, 4.69) is 42.2 Å². The third-order valence-electron chi connectivity index (χ3n) is 4.10. The molecule has 4 nitrogen and oxygen atoms in total. The lowest BCUT2D eigenvalue weighted by Crippen LogP contribution is -2.34. The van der Waals surface area contributed by atoms with E-state index in [1.165, 1.54) is 16.0 Å². The summed E-state index contributed by atoms with van der Waals surface area (Å²) in [6.45, 7) is 4.22. The third kappa shape index (κ3) is 3.14. The van der Waals surface area contributed by atoms with E-state index in [-0.39, 0.29) is 5.54 Å². The van der Waals surface area contributed by atoms with Crippen LogP contribution >= 0.6 is 11.8 Å². The molecule has 1 fully saturated rings. The second kappa shape index (κ2) is 5.81. The number of benzene rings is 1. The minimum absolute atomic E-state index is 0.369. The molecule has 0 atom stereocenters. The molecule has 2 aromatic rings. The molecule has 2 N–H and O–H groups in total. The lowest BCUT2D eigenvalue weighted by molar-refractivity contribution is 0.355. The van der Waals surface area contributed by atoms with Crippen molar-refractivity contribution in [3.8, 4) is 0 Å². The molecule has 1 aliphatic carbocycles. The van der Waals surface area contributed by atoms with Crippen molar-refractivity contribution in [1.29, 1.82) is 0 Å². The van der Waals surface area contributed by atoms with Crippen LogP contribution < -0.4 is 5.73 Å². The van der Waals surface area contributed by atoms with E-state index in [0.717, 1.165) is 25.7 Å². The van der Waals surface area contributed by atoms with Crippen LogP contribution in [0.4, 0.5) is 0 Å². The van der Waals surface area contributed by atoms with Crippen molar-refractivity contribution in [1.82, 2.24) is 10.1 Å². The molecule has 112 valence electrons. The Morgan fingerprint density at radius 1 is 1.29 bits per heavy atom. The summed E-state index contributed by atoms with van der Waals surface area (Å²) < 4.78 is 5.37. The van der Waals surface area contributed by atoms with Gasteiger partial charge in [0, 0.05) is 4.90 Å². The quantitative estimate of drug-likeness (QED) is 0.872. The Morgan fingerprint density at radius 2 is 2.05 bits per heavy atom. The number of hydrogen-bond acceptors (Lipinski definition) is 5. The van der Waals surface area contributed by atoms with Crippen molar-refractivity contribution in [3.05, 3.63) is 41.0 Å². The standard InChI is InChI=1S/C16H21N3OS/c1-11-5-6-12(2)13(9-11)21-10-14-18-15(19-20-14)16(17)7-3-4-8-16/h5-6,9H,3-4,7-8,10,17H2,1-2H3. The average molecular weight is 303 g/mol. The van der Waals surface area contributed by atoms with Gasteiger partial charge in [0.15, 0.2) is 5.82 Å². The van der Waals surface area contributed by atoms with Crippen molar-refractivity contribution in [2.24, 2.45) is 5.73 Å². The van der Waals surface area contributed by atoms with Gasteiger partial charge in [-0.15, -0.1) is 11.8 Å². The summed E-state index contributed by atoms with van der Waals surface area (Å²) in [7, 11) is 0. The Kier molecular flexibility index (Phi) is 4.04. The second-order valence-electron chi connectivity index (χ2n) is 5.93. The summed E-state index contributed by atoms with van der Waals surface area (Å²) in [5, 5.41) is 4.10. The first-order valence-electron chi connectivity index (χ1n) is 7.39. The van der Waals surface area contributed by atoms with Crippen LogP contribution in [0.1, 0.15) is 48.5 Å². The molecule has 1 aromatic heterocycles. The summed E-state index contributed by atoms with van der Waals surface area (Å²) in [6.07, 6.45) is 4.21. The Morgan fingerprint density at radius 3 is 2.81 bits per heavy atom. The zero-order chi connectivity index (χ0) is 14.9. The molecule has 0 radical (unpaired) electrons. The molecule has 0 amide bonds. The van der Waals surface area contributed by atoms with Crippen LogP contribution in [0.15, 0.2) is 27.6 Å². The lowest BCUT2D eigenvalue weighted by atomic mass is 9.99. The predicted octanol–water partition coefficient (Wildman–Crippen LogP) is 3.71. The summed E-state index contributed by atoms with van der Waals surface area (Å²) in [4.78, 5) is 5.77. The van der Waals surface area contributed by atoms with Gasteiger partial charge in [-0.05, 0) is 38.3 Å². The summed E-state index contributed by atoms with van der Waals surface area (Å²) >= 11 is 1.73. The molecule has 1 aromatic carbocycles. The average Bonchev–Trinajstić information content (AvgIpc) is 3.10. The number of nitrogens with zero attached hydrogens (tertiary/aromatic N) is 2. The minimum Gasteiger partial charge on any atom is -0.338 e. The van der Waals surface area contributed by atoms with Crippen LogP contribution in [-0.4, -0.2) is 10.1 Å². The van der Waals surface area contributed by atoms with E-state index >= 15 is 0 Å². The topological polar surface area (TPSA) is 64.9 Å². The first-order valence-corrected chi connectivity index (χ1v) is 8.37. The zero-order valence-corrected chi connectivity index (χ0v) is 13.4. The van der Waals surface area contributed by atoms with Gasteiger partial charge in [0.2, 0.25) is 5.89 Å². The molecule has 0 spiro atoms. The third-order valence-corrected chi connectivity index (χ3v) is 5.25. The zero-order valence-electron chi connectivity index (χ0n) is 12.6. The molecule has 0 aliphatic heterocycles. The van der Waals surface area contributed by atoms with Crippen LogP contribution in [0.5, 0.6) is 0 Å². The van der Waals surface area contributed by atoms with E-state index in [4.69, 9.17) is 10.3 Å². The number of thioether (sulfide) groups is 1. The number of aromatic nitrogens is 2. The summed E-state index contributed by atoms with van der Waals surface area (Å²) in [5.74, 6) is 2.03. The van der Waals surface area contributed by atoms with Crippen LogP contribution in [0.25, 0.3) is 0 Å². The second-order valence-corrected chi connectivity index (χ2v) is 6.95. The van der Waals surface area contributed by atoms with Crippen molar-refractivity contribution < 1.29 is 4.52 Å². The van der Waals surface area contributed by atoms with Gasteiger partial charge in [-0.25, -0.2) is 0 Å². The molecule has 1 saturated carbocycles. The Balaban J connectivity index is 1.69. The first-order chi connectivity index (χ1) is 10.1. The van der Waals surface area contributed by atoms with Crippen molar-refractivity contribution >= 4 is 11.8 Å². The molecular formula is C16H21N3OS. The van der Waals surface area contributed by atoms with Crippen molar-refractivity contribution in [3.63, 3.8) is 0 Å². The van der Waals surface area contributed by atoms with Gasteiger partial charge >= 0.3 is 0 Å². The Labute approximate surface area is 129 Å². The fourth-order valence-electron chi connectivity index (χ4n) is 2.75. The van der Waals surface area contributed by atoms with Crippen LogP contribution in [0.3, 0.4) is 0 Å². The SMILES string of the molecule is Cc1ccc(C)c(SCc2nc(C3(N)CCCC3)no2)c1. The normalized spacial score (nSPS) is 17.3. The lowest BCUT2D eigenvalue weighted by Gasteiger charge is -2.17. The molecule has 21 heavy (non-hydrogen) atoms. The molecular weight excluding hydrogens is 282 g/mol. The van der Waals surface area contributed by atoms with Gasteiger partial charge in [-0.3, -0.25) is 0 Å². The van der Waals surface area contributed by atoms with Crippen LogP contribution in [-0.2, 0) is 11.3 Å². The molecule has 1 heterocycles. The van der Waals surface area contributed by atoms with E-state index in [9.17, 15) is 0 Å². The van der Waals surface area contributed by atoms with Crippen molar-refractivity contribution in [2.75, 3.05) is 0 Å². The van der Waals surface area contributed by atoms with E-state index in [0.29, 0.717) is 17.5 Å². The monoisotopic (exact) mass is 303 g/mol. The van der Waals surface area contributed by atoms with Gasteiger partial charge in [-0.1, -0.05) is 35.7 Å². The van der Waals surface area contributed by atoms with E-state index in [1.54, 1.807) is 11.8 Å². The van der Waals surface area contributed by atoms with Gasteiger partial charge in [-0.2, -0.15) is 4.98 Å². The van der Waals surface area contributed by atoms with Gasteiger partial charge in [0.1, 0.15) is 0 Å². The minimum atomic E-state index is -0.369. The molecule has 3 rings (SSSR count). The Hall–Kier alpha value is -1.33. The number of nitrogens with two attached hydrogens (primary N) is 1. The van der Waals surface area contributed by atoms with Crippen LogP contribution in [0.2, 0.25) is 0 Å². The summed E-state index contributed by atoms with van der Waals surface area (Å²) in [5.41, 5.74) is 8.52. The smallest absolute Gasteiger partial charge is 0.237 e. The van der Waals surface area contributed by atoms with Crippen molar-refractivity contribution in [2.45, 2.75) is 55.7 Å². The largest absolute Gasteiger partial charge is 0.338 e. The maximum Gasteiger partial charge on any atom is 0.237 e. The highest BCUT2D eigenvalue weighted by molar-refractivity contribution is 7.98. The fraction of sp³-hybridized carbons (Fsp3) is 0.500. The maximum atomic E-state index is 6.35. The summed E-state index contributed by atoms with van der Waals surface area (Å²) in [6, 6.07) is 6.46. The van der Waals surface area contributed by atoms with E-state index < -0.39 is 0 Å².